The summed E-state index contributed by atoms with van der Waals surface area (Å²) in [6, 6.07) is 20.4. The number of carbonyl (C=O) groups is 2. The molecule has 1 aliphatic rings. The first-order chi connectivity index (χ1) is 17.2. The Hall–Kier alpha value is -3.65. The number of hydrogen-bond donors (Lipinski definition) is 0. The van der Waals surface area contributed by atoms with Crippen LogP contribution in [0.5, 0.6) is 5.88 Å². The largest absolute Gasteiger partial charge is 0.478 e. The zero-order valence-corrected chi connectivity index (χ0v) is 20.1. The molecular weight excluding hydrogens is 444 g/mol. The second kappa shape index (κ2) is 12.2. The van der Waals surface area contributed by atoms with Gasteiger partial charge in [0.15, 0.2) is 5.69 Å². The van der Waals surface area contributed by atoms with Crippen molar-refractivity contribution in [2.45, 2.75) is 19.8 Å². The molecule has 184 valence electrons. The fourth-order valence-electron chi connectivity index (χ4n) is 3.91. The maximum atomic E-state index is 13.2. The van der Waals surface area contributed by atoms with Gasteiger partial charge >= 0.3 is 5.97 Å². The molecule has 1 amide bonds. The van der Waals surface area contributed by atoms with Crippen LogP contribution in [-0.4, -0.2) is 77.4 Å². The van der Waals surface area contributed by atoms with Gasteiger partial charge in [0.25, 0.3) is 5.91 Å². The van der Waals surface area contributed by atoms with Gasteiger partial charge in [-0.05, 0) is 30.7 Å². The fraction of sp³-hybridized carbons (Fsp3) is 0.370. The smallest absolute Gasteiger partial charge is 0.338 e. The molecule has 1 saturated heterocycles. The number of hydrogen-bond acceptors (Lipinski definition) is 6. The molecule has 0 N–H and O–H groups in total. The van der Waals surface area contributed by atoms with Crippen molar-refractivity contribution in [3.63, 3.8) is 0 Å². The molecule has 0 bridgehead atoms. The number of carbonyl (C=O) groups excluding carboxylic acids is 2. The van der Waals surface area contributed by atoms with Crippen LogP contribution in [0.3, 0.4) is 0 Å². The maximum Gasteiger partial charge on any atom is 0.338 e. The summed E-state index contributed by atoms with van der Waals surface area (Å²) in [5, 5.41) is 4.58. The monoisotopic (exact) mass is 476 g/mol. The van der Waals surface area contributed by atoms with Crippen molar-refractivity contribution >= 4 is 11.9 Å². The van der Waals surface area contributed by atoms with Crippen molar-refractivity contribution in [3.8, 4) is 11.6 Å². The summed E-state index contributed by atoms with van der Waals surface area (Å²) in [7, 11) is 0. The molecule has 8 heteroatoms. The molecule has 0 spiro atoms. The minimum Gasteiger partial charge on any atom is -0.478 e. The average molecular weight is 477 g/mol. The summed E-state index contributed by atoms with van der Waals surface area (Å²) in [4.78, 5) is 29.3. The van der Waals surface area contributed by atoms with Gasteiger partial charge in [0.2, 0.25) is 5.88 Å². The van der Waals surface area contributed by atoms with Gasteiger partial charge in [-0.25, -0.2) is 9.48 Å². The van der Waals surface area contributed by atoms with Gasteiger partial charge in [0, 0.05) is 38.8 Å². The Morgan fingerprint density at radius 1 is 0.914 bits per heavy atom. The lowest BCUT2D eigenvalue weighted by Gasteiger charge is -2.34. The average Bonchev–Trinajstić information content (AvgIpc) is 3.34. The third kappa shape index (κ3) is 6.48. The highest BCUT2D eigenvalue weighted by atomic mass is 16.5. The van der Waals surface area contributed by atoms with Crippen molar-refractivity contribution in [1.82, 2.24) is 19.6 Å². The molecule has 8 nitrogen and oxygen atoms in total. The molecule has 2 aromatic carbocycles. The van der Waals surface area contributed by atoms with Crippen molar-refractivity contribution < 1.29 is 19.1 Å². The number of rotatable bonds is 10. The summed E-state index contributed by atoms with van der Waals surface area (Å²) >= 11 is 0. The Kier molecular flexibility index (Phi) is 8.51. The number of unbranched alkanes of at least 4 members (excludes halogenated alkanes) is 1. The van der Waals surface area contributed by atoms with E-state index in [1.54, 1.807) is 22.9 Å². The Balaban J connectivity index is 1.31. The fourth-order valence-corrected chi connectivity index (χ4v) is 3.91. The number of benzene rings is 2. The highest BCUT2D eigenvalue weighted by Gasteiger charge is 2.25. The number of ether oxygens (including phenoxy) is 2. The molecule has 0 saturated carbocycles. The third-order valence-electron chi connectivity index (χ3n) is 5.95. The minimum atomic E-state index is -0.314. The van der Waals surface area contributed by atoms with Gasteiger partial charge in [-0.3, -0.25) is 9.69 Å². The summed E-state index contributed by atoms with van der Waals surface area (Å²) in [6.45, 7) is 6.27. The van der Waals surface area contributed by atoms with E-state index in [0.29, 0.717) is 63.1 Å². The van der Waals surface area contributed by atoms with Crippen LogP contribution in [0.15, 0.2) is 66.7 Å². The first-order valence-electron chi connectivity index (χ1n) is 12.2. The molecule has 0 aliphatic carbocycles. The molecule has 4 rings (SSSR count). The van der Waals surface area contributed by atoms with E-state index >= 15 is 0 Å². The first kappa shape index (κ1) is 24.5. The summed E-state index contributed by atoms with van der Waals surface area (Å²) in [6.07, 6.45) is 1.97. The molecule has 0 radical (unpaired) electrons. The van der Waals surface area contributed by atoms with Crippen molar-refractivity contribution in [2.24, 2.45) is 0 Å². The van der Waals surface area contributed by atoms with E-state index in [1.165, 1.54) is 0 Å². The van der Waals surface area contributed by atoms with Gasteiger partial charge in [0.1, 0.15) is 6.61 Å². The molecule has 1 aromatic heterocycles. The number of para-hydroxylation sites is 1. The highest BCUT2D eigenvalue weighted by molar-refractivity contribution is 5.93. The third-order valence-corrected chi connectivity index (χ3v) is 5.95. The van der Waals surface area contributed by atoms with E-state index in [2.05, 4.69) is 16.9 Å². The van der Waals surface area contributed by atoms with Crippen LogP contribution in [0.2, 0.25) is 0 Å². The zero-order valence-electron chi connectivity index (χ0n) is 20.1. The van der Waals surface area contributed by atoms with Crippen LogP contribution in [0.4, 0.5) is 0 Å². The topological polar surface area (TPSA) is 76.9 Å². The maximum absolute atomic E-state index is 13.2. The van der Waals surface area contributed by atoms with Crippen LogP contribution < -0.4 is 4.74 Å². The van der Waals surface area contributed by atoms with Crippen LogP contribution in [0, 0.1) is 0 Å². The van der Waals surface area contributed by atoms with Crippen LogP contribution in [0.1, 0.15) is 40.6 Å². The van der Waals surface area contributed by atoms with Crippen LogP contribution >= 0.6 is 0 Å². The lowest BCUT2D eigenvalue weighted by molar-refractivity contribution is 0.0411. The predicted octanol–water partition coefficient (Wildman–Crippen LogP) is 3.67. The number of piperazine rings is 1. The van der Waals surface area contributed by atoms with E-state index in [-0.39, 0.29) is 11.9 Å². The van der Waals surface area contributed by atoms with Gasteiger partial charge < -0.3 is 14.4 Å². The van der Waals surface area contributed by atoms with Crippen molar-refractivity contribution in [1.29, 1.82) is 0 Å². The first-order valence-corrected chi connectivity index (χ1v) is 12.2. The Labute approximate surface area is 206 Å². The molecular formula is C27H32N4O4. The lowest BCUT2D eigenvalue weighted by atomic mass is 10.2. The summed E-state index contributed by atoms with van der Waals surface area (Å²) < 4.78 is 13.0. The molecule has 1 fully saturated rings. The molecule has 0 unspecified atom stereocenters. The molecule has 0 atom stereocenters. The lowest BCUT2D eigenvalue weighted by Crippen LogP contribution is -2.49. The van der Waals surface area contributed by atoms with E-state index in [4.69, 9.17) is 9.47 Å². The minimum absolute atomic E-state index is 0.102. The van der Waals surface area contributed by atoms with E-state index in [1.807, 2.05) is 53.4 Å². The van der Waals surface area contributed by atoms with Gasteiger partial charge in [0.05, 0.1) is 17.9 Å². The standard InChI is InChI=1S/C27H32N4O4/c1-2-3-19-34-25-21-24(28-31(25)23-12-8-5-9-13-23)26(32)30-16-14-29(15-17-30)18-20-35-27(33)22-10-6-4-7-11-22/h4-13,21H,2-3,14-20H2,1H3. The number of nitrogens with zero attached hydrogens (tertiary/aromatic N) is 4. The molecule has 3 aromatic rings. The predicted molar refractivity (Wildman–Crippen MR) is 133 cm³/mol. The SMILES string of the molecule is CCCCOc1cc(C(=O)N2CCN(CCOC(=O)c3ccccc3)CC2)nn1-c1ccccc1. The van der Waals surface area contributed by atoms with Gasteiger partial charge in [-0.1, -0.05) is 49.7 Å². The van der Waals surface area contributed by atoms with Crippen LogP contribution in [0.25, 0.3) is 5.69 Å². The van der Waals surface area contributed by atoms with Gasteiger partial charge in [-0.15, -0.1) is 0 Å². The van der Waals surface area contributed by atoms with Crippen molar-refractivity contribution in [3.05, 3.63) is 78.0 Å². The second-order valence-electron chi connectivity index (χ2n) is 8.45. The second-order valence-corrected chi connectivity index (χ2v) is 8.45. The van der Waals surface area contributed by atoms with E-state index < -0.39 is 0 Å². The van der Waals surface area contributed by atoms with Crippen LogP contribution in [-0.2, 0) is 4.74 Å². The quantitative estimate of drug-likeness (QED) is 0.328. The Morgan fingerprint density at radius 2 is 1.60 bits per heavy atom. The Morgan fingerprint density at radius 3 is 2.29 bits per heavy atom. The number of amides is 1. The van der Waals surface area contributed by atoms with E-state index in [9.17, 15) is 9.59 Å². The van der Waals surface area contributed by atoms with E-state index in [0.717, 1.165) is 18.5 Å². The molecule has 1 aliphatic heterocycles. The molecule has 2 heterocycles. The van der Waals surface area contributed by atoms with Crippen molar-refractivity contribution in [2.75, 3.05) is 45.9 Å². The molecule has 35 heavy (non-hydrogen) atoms. The Bertz CT molecular complexity index is 1090. The normalized spacial score (nSPS) is 14.0. The number of aromatic nitrogens is 2. The highest BCUT2D eigenvalue weighted by Crippen LogP contribution is 2.21. The summed E-state index contributed by atoms with van der Waals surface area (Å²) in [5.74, 6) is 0.160. The summed E-state index contributed by atoms with van der Waals surface area (Å²) in [5.41, 5.74) is 1.79. The van der Waals surface area contributed by atoms with Gasteiger partial charge in [-0.2, -0.15) is 5.10 Å². The zero-order chi connectivity index (χ0) is 24.5. The number of esters is 1.